The lowest BCUT2D eigenvalue weighted by atomic mass is 9.48. The van der Waals surface area contributed by atoms with Gasteiger partial charge in [0.2, 0.25) is 10.0 Å². The van der Waals surface area contributed by atoms with E-state index in [2.05, 4.69) is 22.7 Å². The van der Waals surface area contributed by atoms with Crippen molar-refractivity contribution in [2.75, 3.05) is 13.6 Å². The first-order chi connectivity index (χ1) is 15.3. The lowest BCUT2D eigenvalue weighted by Gasteiger charge is -2.63. The van der Waals surface area contributed by atoms with Gasteiger partial charge in [-0.1, -0.05) is 36.4 Å². The average Bonchev–Trinajstić information content (AvgIpc) is 3.09. The monoisotopic (exact) mass is 454 g/mol. The molecule has 6 rings (SSSR count). The molecule has 2 aromatic rings. The summed E-state index contributed by atoms with van der Waals surface area (Å²) in [5, 5.41) is 12.2. The van der Waals surface area contributed by atoms with E-state index in [4.69, 9.17) is 4.74 Å². The number of aryl methyl sites for hydroxylation is 1. The fraction of sp³-hybridized carbons (Fsp3) is 0.520. The molecule has 1 saturated carbocycles. The number of piperidine rings is 1. The highest BCUT2D eigenvalue weighted by atomic mass is 32.2. The zero-order valence-corrected chi connectivity index (χ0v) is 19.4. The molecular formula is C25H30N2O4S. The second-order valence-corrected chi connectivity index (χ2v) is 11.9. The minimum absolute atomic E-state index is 0.0210. The molecule has 4 aliphatic rings. The van der Waals surface area contributed by atoms with Crippen molar-refractivity contribution in [2.24, 2.45) is 0 Å². The minimum atomic E-state index is -3.58. The van der Waals surface area contributed by atoms with Crippen molar-refractivity contribution in [3.8, 4) is 5.75 Å². The molecule has 5 atom stereocenters. The first-order valence-corrected chi connectivity index (χ1v) is 13.2. The number of hydrogen-bond donors (Lipinski definition) is 2. The fourth-order valence-corrected chi connectivity index (χ4v) is 8.61. The van der Waals surface area contributed by atoms with E-state index in [1.807, 2.05) is 43.3 Å². The Morgan fingerprint density at radius 3 is 2.81 bits per heavy atom. The van der Waals surface area contributed by atoms with Crippen molar-refractivity contribution in [3.63, 3.8) is 0 Å². The molecule has 1 spiro atoms. The molecule has 2 aliphatic carbocycles. The second kappa shape index (κ2) is 6.79. The Bertz CT molecular complexity index is 1200. The molecule has 1 saturated heterocycles. The number of aliphatic hydroxyl groups is 1. The predicted molar refractivity (Wildman–Crippen MR) is 122 cm³/mol. The van der Waals surface area contributed by atoms with Crippen LogP contribution in [0.5, 0.6) is 5.75 Å². The molecule has 32 heavy (non-hydrogen) atoms. The molecule has 0 amide bonds. The highest BCUT2D eigenvalue weighted by Gasteiger charge is 2.72. The van der Waals surface area contributed by atoms with Crippen molar-refractivity contribution in [2.45, 2.75) is 67.6 Å². The maximum atomic E-state index is 13.2. The van der Waals surface area contributed by atoms with E-state index >= 15 is 0 Å². The van der Waals surface area contributed by atoms with Crippen molar-refractivity contribution in [3.05, 3.63) is 64.7 Å². The van der Waals surface area contributed by atoms with Gasteiger partial charge in [0.05, 0.1) is 22.8 Å². The third-order valence-corrected chi connectivity index (χ3v) is 9.92. The number of hydrogen-bond acceptors (Lipinski definition) is 5. The van der Waals surface area contributed by atoms with E-state index < -0.39 is 27.1 Å². The molecule has 2 aliphatic heterocycles. The van der Waals surface area contributed by atoms with E-state index in [1.54, 1.807) is 0 Å². The number of rotatable bonds is 4. The van der Waals surface area contributed by atoms with Gasteiger partial charge < -0.3 is 14.7 Å². The van der Waals surface area contributed by atoms with Gasteiger partial charge in [0.25, 0.3) is 0 Å². The Hall–Kier alpha value is -1.93. The maximum absolute atomic E-state index is 13.2. The number of likely N-dealkylation sites (N-methyl/N-ethyl adjacent to an activating group) is 1. The molecule has 0 radical (unpaired) electrons. The smallest absolute Gasteiger partial charge is 0.216 e. The third-order valence-electron chi connectivity index (χ3n) is 8.57. The van der Waals surface area contributed by atoms with Crippen molar-refractivity contribution in [1.82, 2.24) is 9.62 Å². The topological polar surface area (TPSA) is 78.9 Å². The van der Waals surface area contributed by atoms with Crippen LogP contribution in [0.3, 0.4) is 0 Å². The molecule has 6 nitrogen and oxygen atoms in total. The summed E-state index contributed by atoms with van der Waals surface area (Å²) in [6, 6.07) is 13.4. The Labute approximate surface area is 189 Å². The highest BCUT2D eigenvalue weighted by Crippen LogP contribution is 2.63. The summed E-state index contributed by atoms with van der Waals surface area (Å²) in [6.07, 6.45) is 2.29. The van der Waals surface area contributed by atoms with E-state index in [0.717, 1.165) is 41.8 Å². The van der Waals surface area contributed by atoms with Gasteiger partial charge in [-0.15, -0.1) is 0 Å². The number of benzene rings is 2. The standard InChI is InChI=1S/C25H30N2O4S/c1-16-6-3-4-7-18(16)15-32(29,30)26-19-10-11-25(28)21-14-17-8-5-9-20-22(17)24(25,23(19)31-20)12-13-27(21)2/h3-9,19,21,23,26,28H,10-15H2,1-2H3/t19-,21-,23+,24+,25-/m1/s1. The molecular weight excluding hydrogens is 424 g/mol. The second-order valence-electron chi connectivity index (χ2n) is 10.1. The van der Waals surface area contributed by atoms with Crippen LogP contribution in [0.25, 0.3) is 0 Å². The number of sulfonamides is 1. The minimum Gasteiger partial charge on any atom is -0.487 e. The molecule has 2 aromatic carbocycles. The summed E-state index contributed by atoms with van der Waals surface area (Å²) in [6.45, 7) is 2.80. The van der Waals surface area contributed by atoms with Crippen LogP contribution in [0.15, 0.2) is 42.5 Å². The Kier molecular flexibility index (Phi) is 4.39. The van der Waals surface area contributed by atoms with Gasteiger partial charge in [0, 0.05) is 11.6 Å². The Morgan fingerprint density at radius 2 is 2.00 bits per heavy atom. The van der Waals surface area contributed by atoms with Gasteiger partial charge in [-0.2, -0.15) is 0 Å². The van der Waals surface area contributed by atoms with Crippen LogP contribution in [0.4, 0.5) is 0 Å². The van der Waals surface area contributed by atoms with E-state index in [-0.39, 0.29) is 17.8 Å². The van der Waals surface area contributed by atoms with Crippen LogP contribution < -0.4 is 9.46 Å². The van der Waals surface area contributed by atoms with Gasteiger partial charge in [0.15, 0.2) is 0 Å². The lowest BCUT2D eigenvalue weighted by Crippen LogP contribution is -2.77. The largest absolute Gasteiger partial charge is 0.487 e. The first kappa shape index (κ1) is 20.7. The van der Waals surface area contributed by atoms with Crippen LogP contribution in [0.1, 0.15) is 41.5 Å². The zero-order chi connectivity index (χ0) is 22.3. The SMILES string of the molecule is Cc1ccccc1CS(=O)(=O)N[C@@H]1CC[C@@]2(O)[C@H]3Cc4cccc5c4[C@@]2(CCN3C)[C@H]1O5. The Balaban J connectivity index is 1.38. The number of nitrogens with one attached hydrogen (secondary N) is 1. The van der Waals surface area contributed by atoms with Gasteiger partial charge in [-0.05, 0) is 69.0 Å². The molecule has 0 aromatic heterocycles. The summed E-state index contributed by atoms with van der Waals surface area (Å²) in [7, 11) is -1.49. The van der Waals surface area contributed by atoms with Crippen LogP contribution in [0, 0.1) is 6.92 Å². The van der Waals surface area contributed by atoms with Crippen molar-refractivity contribution in [1.29, 1.82) is 0 Å². The van der Waals surface area contributed by atoms with E-state index in [9.17, 15) is 13.5 Å². The third kappa shape index (κ3) is 2.65. The molecule has 2 N–H and O–H groups in total. The van der Waals surface area contributed by atoms with Gasteiger partial charge in [-0.3, -0.25) is 0 Å². The molecule has 170 valence electrons. The van der Waals surface area contributed by atoms with Crippen LogP contribution in [-0.2, 0) is 27.6 Å². The molecule has 7 heteroatoms. The van der Waals surface area contributed by atoms with Crippen LogP contribution >= 0.6 is 0 Å². The van der Waals surface area contributed by atoms with Crippen LogP contribution in [-0.4, -0.2) is 55.8 Å². The molecule has 0 unspecified atom stereocenters. The average molecular weight is 455 g/mol. The molecule has 2 bridgehead atoms. The molecule has 2 heterocycles. The van der Waals surface area contributed by atoms with Crippen LogP contribution in [0.2, 0.25) is 0 Å². The summed E-state index contributed by atoms with van der Waals surface area (Å²) >= 11 is 0. The first-order valence-electron chi connectivity index (χ1n) is 11.5. The van der Waals surface area contributed by atoms with Gasteiger partial charge in [0.1, 0.15) is 11.9 Å². The van der Waals surface area contributed by atoms with Crippen molar-refractivity contribution >= 4 is 10.0 Å². The number of likely N-dealkylation sites (tertiary alicyclic amines) is 1. The summed E-state index contributed by atoms with van der Waals surface area (Å²) in [5.41, 5.74) is 2.65. The van der Waals surface area contributed by atoms with Gasteiger partial charge >= 0.3 is 0 Å². The summed E-state index contributed by atoms with van der Waals surface area (Å²) in [4.78, 5) is 2.28. The predicted octanol–water partition coefficient (Wildman–Crippen LogP) is 2.27. The highest BCUT2D eigenvalue weighted by molar-refractivity contribution is 7.88. The fourth-order valence-electron chi connectivity index (χ4n) is 7.09. The lowest BCUT2D eigenvalue weighted by molar-refractivity contribution is -0.185. The van der Waals surface area contributed by atoms with E-state index in [0.29, 0.717) is 12.8 Å². The van der Waals surface area contributed by atoms with Crippen molar-refractivity contribution < 1.29 is 18.3 Å². The normalized spacial score (nSPS) is 35.3. The number of nitrogens with zero attached hydrogens (tertiary/aromatic N) is 1. The molecule has 2 fully saturated rings. The van der Waals surface area contributed by atoms with E-state index in [1.165, 1.54) is 5.56 Å². The quantitative estimate of drug-likeness (QED) is 0.741. The summed E-state index contributed by atoms with van der Waals surface area (Å²) < 4.78 is 35.9. The Morgan fingerprint density at radius 1 is 1.19 bits per heavy atom. The van der Waals surface area contributed by atoms with Gasteiger partial charge in [-0.25, -0.2) is 13.1 Å². The maximum Gasteiger partial charge on any atom is 0.216 e. The summed E-state index contributed by atoms with van der Waals surface area (Å²) in [5.74, 6) is 0.767. The number of ether oxygens (including phenoxy) is 1. The zero-order valence-electron chi connectivity index (χ0n) is 18.5.